The molecule has 0 aliphatic carbocycles. The van der Waals surface area contributed by atoms with Gasteiger partial charge in [-0.2, -0.15) is 0 Å². The zero-order chi connectivity index (χ0) is 18.1. The molecule has 0 bridgehead atoms. The Morgan fingerprint density at radius 1 is 1.00 bits per heavy atom. The predicted molar refractivity (Wildman–Crippen MR) is 96.1 cm³/mol. The number of rotatable bonds is 7. The molecule has 0 aliphatic heterocycles. The van der Waals surface area contributed by atoms with Gasteiger partial charge >= 0.3 is 12.0 Å². The molecule has 25 heavy (non-hydrogen) atoms. The Labute approximate surface area is 147 Å². The Balaban J connectivity index is 1.71. The van der Waals surface area contributed by atoms with E-state index in [9.17, 15) is 9.59 Å². The summed E-state index contributed by atoms with van der Waals surface area (Å²) >= 11 is 0. The largest absolute Gasteiger partial charge is 0.492 e. The normalized spacial score (nSPS) is 10.0. The minimum Gasteiger partial charge on any atom is -0.492 e. The Morgan fingerprint density at radius 3 is 2.32 bits per heavy atom. The molecule has 0 spiro atoms. The number of ether oxygens (including phenoxy) is 2. The number of benzene rings is 2. The third kappa shape index (κ3) is 6.18. The minimum atomic E-state index is -0.383. The summed E-state index contributed by atoms with van der Waals surface area (Å²) in [5, 5.41) is 5.39. The van der Waals surface area contributed by atoms with Crippen molar-refractivity contribution < 1.29 is 19.1 Å². The third-order valence-corrected chi connectivity index (χ3v) is 3.33. The number of hydrogen-bond donors (Lipinski definition) is 2. The maximum absolute atomic E-state index is 11.8. The first-order chi connectivity index (χ1) is 12.1. The molecule has 6 nitrogen and oxygen atoms in total. The molecular formula is C19H22N2O4. The van der Waals surface area contributed by atoms with Crippen molar-refractivity contribution in [2.24, 2.45) is 0 Å². The number of nitrogens with one attached hydrogen (secondary N) is 2. The van der Waals surface area contributed by atoms with Crippen LogP contribution in [0.25, 0.3) is 0 Å². The lowest BCUT2D eigenvalue weighted by atomic mass is 10.2. The highest BCUT2D eigenvalue weighted by Gasteiger charge is 2.07. The number of aryl methyl sites for hydroxylation is 1. The summed E-state index contributed by atoms with van der Waals surface area (Å²) in [6.07, 6.45) is 0. The Hall–Kier alpha value is -3.02. The van der Waals surface area contributed by atoms with Gasteiger partial charge in [0.15, 0.2) is 0 Å². The van der Waals surface area contributed by atoms with Crippen molar-refractivity contribution in [1.82, 2.24) is 5.32 Å². The molecule has 2 aromatic carbocycles. The van der Waals surface area contributed by atoms with Gasteiger partial charge in [-0.05, 0) is 50.2 Å². The lowest BCUT2D eigenvalue weighted by Crippen LogP contribution is -2.32. The molecule has 0 heterocycles. The van der Waals surface area contributed by atoms with Gasteiger partial charge in [-0.25, -0.2) is 9.59 Å². The zero-order valence-electron chi connectivity index (χ0n) is 14.4. The zero-order valence-corrected chi connectivity index (χ0v) is 14.4. The Bertz CT molecular complexity index is 696. The number of anilines is 1. The van der Waals surface area contributed by atoms with Crippen molar-refractivity contribution in [3.8, 4) is 5.75 Å². The van der Waals surface area contributed by atoms with Crippen LogP contribution < -0.4 is 15.4 Å². The first-order valence-corrected chi connectivity index (χ1v) is 8.10. The van der Waals surface area contributed by atoms with Crippen molar-refractivity contribution in [3.05, 3.63) is 59.7 Å². The van der Waals surface area contributed by atoms with Gasteiger partial charge in [-0.3, -0.25) is 0 Å². The molecule has 0 unspecified atom stereocenters. The second kappa shape index (κ2) is 9.32. The fourth-order valence-electron chi connectivity index (χ4n) is 2.05. The molecule has 2 rings (SSSR count). The average Bonchev–Trinajstić information content (AvgIpc) is 2.61. The van der Waals surface area contributed by atoms with Gasteiger partial charge in [0.2, 0.25) is 0 Å². The molecule has 2 N–H and O–H groups in total. The smallest absolute Gasteiger partial charge is 0.338 e. The lowest BCUT2D eigenvalue weighted by molar-refractivity contribution is 0.0526. The first kappa shape index (κ1) is 18.3. The van der Waals surface area contributed by atoms with Crippen LogP contribution in [0.5, 0.6) is 5.75 Å². The molecule has 0 fully saturated rings. The standard InChI is InChI=1S/C19H22N2O4/c1-3-24-18(22)15-6-8-16(9-7-15)21-19(23)20-12-13-25-17-10-4-14(2)5-11-17/h4-11H,3,12-13H2,1-2H3,(H2,20,21,23). The van der Waals surface area contributed by atoms with Crippen molar-refractivity contribution in [3.63, 3.8) is 0 Å². The predicted octanol–water partition coefficient (Wildman–Crippen LogP) is 3.37. The van der Waals surface area contributed by atoms with E-state index in [1.54, 1.807) is 31.2 Å². The highest BCUT2D eigenvalue weighted by molar-refractivity contribution is 5.92. The van der Waals surface area contributed by atoms with Crippen LogP contribution in [0.3, 0.4) is 0 Å². The van der Waals surface area contributed by atoms with E-state index >= 15 is 0 Å². The molecule has 0 aromatic heterocycles. The summed E-state index contributed by atoms with van der Waals surface area (Å²) in [5.74, 6) is 0.383. The van der Waals surface area contributed by atoms with Gasteiger partial charge in [-0.15, -0.1) is 0 Å². The molecule has 132 valence electrons. The SMILES string of the molecule is CCOC(=O)c1ccc(NC(=O)NCCOc2ccc(C)cc2)cc1. The number of amides is 2. The number of hydrogen-bond acceptors (Lipinski definition) is 4. The third-order valence-electron chi connectivity index (χ3n) is 3.33. The van der Waals surface area contributed by atoms with E-state index < -0.39 is 0 Å². The van der Waals surface area contributed by atoms with Gasteiger partial charge < -0.3 is 20.1 Å². The highest BCUT2D eigenvalue weighted by Crippen LogP contribution is 2.11. The summed E-state index contributed by atoms with van der Waals surface area (Å²) < 4.78 is 10.4. The maximum Gasteiger partial charge on any atom is 0.338 e. The van der Waals surface area contributed by atoms with Crippen LogP contribution in [0.4, 0.5) is 10.5 Å². The van der Waals surface area contributed by atoms with E-state index in [0.717, 1.165) is 5.75 Å². The summed E-state index contributed by atoms with van der Waals surface area (Å²) in [6.45, 7) is 4.83. The van der Waals surface area contributed by atoms with Gasteiger partial charge in [0.25, 0.3) is 0 Å². The molecule has 0 radical (unpaired) electrons. The summed E-state index contributed by atoms with van der Waals surface area (Å²) in [4.78, 5) is 23.4. The van der Waals surface area contributed by atoms with Crippen LogP contribution in [0.1, 0.15) is 22.8 Å². The van der Waals surface area contributed by atoms with Crippen molar-refractivity contribution in [2.45, 2.75) is 13.8 Å². The van der Waals surface area contributed by atoms with Crippen molar-refractivity contribution in [2.75, 3.05) is 25.1 Å². The molecule has 2 aromatic rings. The van der Waals surface area contributed by atoms with E-state index in [1.807, 2.05) is 31.2 Å². The van der Waals surface area contributed by atoms with Gasteiger partial charge in [0.1, 0.15) is 12.4 Å². The summed E-state index contributed by atoms with van der Waals surface area (Å²) in [5.41, 5.74) is 2.20. The van der Waals surface area contributed by atoms with E-state index in [2.05, 4.69) is 10.6 Å². The molecule has 6 heteroatoms. The fraction of sp³-hybridized carbons (Fsp3) is 0.263. The second-order valence-corrected chi connectivity index (χ2v) is 5.34. The van der Waals surface area contributed by atoms with Gasteiger partial charge in [-0.1, -0.05) is 17.7 Å². The molecule has 0 atom stereocenters. The van der Waals surface area contributed by atoms with Gasteiger partial charge in [0, 0.05) is 5.69 Å². The number of esters is 1. The van der Waals surface area contributed by atoms with Crippen LogP contribution in [0, 0.1) is 6.92 Å². The molecule has 0 saturated heterocycles. The van der Waals surface area contributed by atoms with E-state index in [-0.39, 0.29) is 12.0 Å². The summed E-state index contributed by atoms with van der Waals surface area (Å²) in [6, 6.07) is 13.9. The summed E-state index contributed by atoms with van der Waals surface area (Å²) in [7, 11) is 0. The number of carbonyl (C=O) groups is 2. The maximum atomic E-state index is 11.8. The topological polar surface area (TPSA) is 76.7 Å². The minimum absolute atomic E-state index is 0.325. The molecule has 2 amide bonds. The van der Waals surface area contributed by atoms with Gasteiger partial charge in [0.05, 0.1) is 18.7 Å². The van der Waals surface area contributed by atoms with E-state index in [0.29, 0.717) is 31.0 Å². The monoisotopic (exact) mass is 342 g/mol. The van der Waals surface area contributed by atoms with Crippen molar-refractivity contribution >= 4 is 17.7 Å². The molecule has 0 aliphatic rings. The average molecular weight is 342 g/mol. The highest BCUT2D eigenvalue weighted by atomic mass is 16.5. The van der Waals surface area contributed by atoms with Crippen molar-refractivity contribution in [1.29, 1.82) is 0 Å². The molecular weight excluding hydrogens is 320 g/mol. The second-order valence-electron chi connectivity index (χ2n) is 5.34. The van der Waals surface area contributed by atoms with Crippen LogP contribution in [-0.2, 0) is 4.74 Å². The van der Waals surface area contributed by atoms with Crippen LogP contribution >= 0.6 is 0 Å². The first-order valence-electron chi connectivity index (χ1n) is 8.10. The number of urea groups is 1. The van der Waals surface area contributed by atoms with Crippen LogP contribution in [-0.4, -0.2) is 31.8 Å². The van der Waals surface area contributed by atoms with Crippen LogP contribution in [0.2, 0.25) is 0 Å². The van der Waals surface area contributed by atoms with Crippen LogP contribution in [0.15, 0.2) is 48.5 Å². The molecule has 0 saturated carbocycles. The van der Waals surface area contributed by atoms with E-state index in [4.69, 9.17) is 9.47 Å². The number of carbonyl (C=O) groups excluding carboxylic acids is 2. The Morgan fingerprint density at radius 2 is 1.68 bits per heavy atom. The quantitative estimate of drug-likeness (QED) is 0.597. The van der Waals surface area contributed by atoms with E-state index in [1.165, 1.54) is 5.56 Å². The fourth-order valence-corrected chi connectivity index (χ4v) is 2.05. The lowest BCUT2D eigenvalue weighted by Gasteiger charge is -2.09. The Kier molecular flexibility index (Phi) is 6.83.